The summed E-state index contributed by atoms with van der Waals surface area (Å²) in [6.45, 7) is 1.58. The standard InChI is InChI=1S/C18H16N4O3/c1-11(17(23)21-22-19)20-18(24)25-10-16-14-8-4-2-6-12(14)13-7-3-5-9-15(13)16/h2-9,11,16H,10H2,1H3,(H,20,24)/t11-/m0/s1. The Morgan fingerprint density at radius 1 is 1.16 bits per heavy atom. The Labute approximate surface area is 144 Å². The largest absolute Gasteiger partial charge is 0.449 e. The van der Waals surface area contributed by atoms with Crippen LogP contribution in [-0.4, -0.2) is 24.6 Å². The summed E-state index contributed by atoms with van der Waals surface area (Å²) in [5, 5.41) is 5.31. The minimum atomic E-state index is -0.938. The number of fused-ring (bicyclic) bond motifs is 3. The highest BCUT2D eigenvalue weighted by molar-refractivity contribution is 5.85. The normalized spacial score (nSPS) is 13.2. The maximum absolute atomic E-state index is 11.9. The van der Waals surface area contributed by atoms with E-state index in [0.29, 0.717) is 0 Å². The van der Waals surface area contributed by atoms with Gasteiger partial charge in [0.15, 0.2) is 0 Å². The van der Waals surface area contributed by atoms with Gasteiger partial charge in [-0.15, -0.1) is 0 Å². The molecule has 1 N–H and O–H groups in total. The quantitative estimate of drug-likeness (QED) is 0.522. The number of azide groups is 1. The Hall–Kier alpha value is -3.31. The lowest BCUT2D eigenvalue weighted by Gasteiger charge is -2.16. The number of rotatable bonds is 4. The van der Waals surface area contributed by atoms with Gasteiger partial charge in [0.25, 0.3) is 0 Å². The van der Waals surface area contributed by atoms with Crippen LogP contribution in [0.1, 0.15) is 24.0 Å². The molecule has 2 aromatic rings. The van der Waals surface area contributed by atoms with E-state index >= 15 is 0 Å². The molecule has 0 aliphatic heterocycles. The van der Waals surface area contributed by atoms with Crippen molar-refractivity contribution in [3.63, 3.8) is 0 Å². The van der Waals surface area contributed by atoms with Crippen molar-refractivity contribution in [1.82, 2.24) is 5.32 Å². The van der Waals surface area contributed by atoms with Crippen molar-refractivity contribution in [2.75, 3.05) is 6.61 Å². The van der Waals surface area contributed by atoms with E-state index in [0.717, 1.165) is 22.3 Å². The molecule has 25 heavy (non-hydrogen) atoms. The molecule has 7 heteroatoms. The number of carbonyl (C=O) groups excluding carboxylic acids is 2. The van der Waals surface area contributed by atoms with E-state index in [1.807, 2.05) is 36.4 Å². The van der Waals surface area contributed by atoms with Crippen molar-refractivity contribution in [3.05, 3.63) is 70.1 Å². The van der Waals surface area contributed by atoms with Crippen molar-refractivity contribution in [3.8, 4) is 11.1 Å². The van der Waals surface area contributed by atoms with Crippen LogP contribution in [0.4, 0.5) is 4.79 Å². The summed E-state index contributed by atoms with van der Waals surface area (Å²) in [4.78, 5) is 25.7. The highest BCUT2D eigenvalue weighted by Gasteiger charge is 2.29. The fraction of sp³-hybridized carbons (Fsp3) is 0.222. The number of hydrogen-bond acceptors (Lipinski definition) is 3. The number of hydrogen-bond donors (Lipinski definition) is 1. The second kappa shape index (κ2) is 7.07. The third-order valence-electron chi connectivity index (χ3n) is 4.19. The van der Waals surface area contributed by atoms with Gasteiger partial charge in [0.2, 0.25) is 5.91 Å². The fourth-order valence-corrected chi connectivity index (χ4v) is 3.01. The number of nitrogens with one attached hydrogen (secondary N) is 1. The number of ether oxygens (including phenoxy) is 1. The van der Waals surface area contributed by atoms with Crippen molar-refractivity contribution >= 4 is 12.0 Å². The van der Waals surface area contributed by atoms with Crippen LogP contribution in [0.15, 0.2) is 53.6 Å². The maximum atomic E-state index is 11.9. The van der Waals surface area contributed by atoms with E-state index in [2.05, 4.69) is 27.5 Å². The minimum Gasteiger partial charge on any atom is -0.449 e. The Morgan fingerprint density at radius 2 is 1.72 bits per heavy atom. The number of benzene rings is 2. The van der Waals surface area contributed by atoms with E-state index in [1.165, 1.54) is 6.92 Å². The number of nitrogens with zero attached hydrogens (tertiary/aromatic N) is 3. The zero-order chi connectivity index (χ0) is 17.8. The molecule has 0 spiro atoms. The lowest BCUT2D eigenvalue weighted by Crippen LogP contribution is -2.38. The molecule has 0 fully saturated rings. The summed E-state index contributed by atoms with van der Waals surface area (Å²) in [5.41, 5.74) is 12.7. The first-order valence-electron chi connectivity index (χ1n) is 7.82. The molecule has 0 aromatic heterocycles. The summed E-state index contributed by atoms with van der Waals surface area (Å²) in [6, 6.07) is 15.1. The summed E-state index contributed by atoms with van der Waals surface area (Å²) < 4.78 is 5.30. The van der Waals surface area contributed by atoms with E-state index in [4.69, 9.17) is 10.3 Å². The molecular formula is C18H16N4O3. The molecule has 1 atom stereocenters. The predicted molar refractivity (Wildman–Crippen MR) is 91.8 cm³/mol. The molecule has 126 valence electrons. The molecule has 0 radical (unpaired) electrons. The third kappa shape index (κ3) is 3.32. The van der Waals surface area contributed by atoms with Crippen LogP contribution < -0.4 is 5.32 Å². The minimum absolute atomic E-state index is 0.0544. The monoisotopic (exact) mass is 336 g/mol. The SMILES string of the molecule is C[C@H](NC(=O)OCC1c2ccccc2-c2ccccc21)C(=O)N=[N+]=[N-]. The van der Waals surface area contributed by atoms with Crippen LogP contribution in [0.3, 0.4) is 0 Å². The maximum Gasteiger partial charge on any atom is 0.407 e. The first-order valence-corrected chi connectivity index (χ1v) is 7.82. The Kier molecular flexibility index (Phi) is 4.68. The average molecular weight is 336 g/mol. The van der Waals surface area contributed by atoms with Gasteiger partial charge in [-0.2, -0.15) is 0 Å². The van der Waals surface area contributed by atoms with Crippen molar-refractivity contribution in [2.24, 2.45) is 5.11 Å². The van der Waals surface area contributed by atoms with Gasteiger partial charge in [0, 0.05) is 10.8 Å². The summed E-state index contributed by atoms with van der Waals surface area (Å²) >= 11 is 0. The molecule has 2 aromatic carbocycles. The van der Waals surface area contributed by atoms with Crippen molar-refractivity contribution < 1.29 is 14.3 Å². The van der Waals surface area contributed by atoms with Crippen LogP contribution in [-0.2, 0) is 9.53 Å². The number of carbonyl (C=O) groups is 2. The second-order valence-electron chi connectivity index (χ2n) is 5.72. The van der Waals surface area contributed by atoms with Crippen LogP contribution in [0.2, 0.25) is 0 Å². The zero-order valence-corrected chi connectivity index (χ0v) is 13.5. The van der Waals surface area contributed by atoms with Gasteiger partial charge in [0.1, 0.15) is 6.61 Å². The van der Waals surface area contributed by atoms with Crippen LogP contribution >= 0.6 is 0 Å². The van der Waals surface area contributed by atoms with Gasteiger partial charge in [-0.05, 0) is 39.8 Å². The molecule has 7 nitrogen and oxygen atoms in total. The van der Waals surface area contributed by atoms with E-state index in [1.54, 1.807) is 0 Å². The zero-order valence-electron chi connectivity index (χ0n) is 13.5. The van der Waals surface area contributed by atoms with Gasteiger partial charge in [0.05, 0.1) is 6.04 Å². The molecule has 0 saturated carbocycles. The Morgan fingerprint density at radius 3 is 2.28 bits per heavy atom. The van der Waals surface area contributed by atoms with Crippen molar-refractivity contribution in [1.29, 1.82) is 0 Å². The topological polar surface area (TPSA) is 104 Å². The molecule has 3 rings (SSSR count). The molecule has 0 heterocycles. The smallest absolute Gasteiger partial charge is 0.407 e. The summed E-state index contributed by atoms with van der Waals surface area (Å²) in [7, 11) is 0. The first kappa shape index (κ1) is 16.5. The number of alkyl carbamates (subject to hydrolysis) is 1. The van der Waals surface area contributed by atoms with Crippen LogP contribution in [0.5, 0.6) is 0 Å². The first-order chi connectivity index (χ1) is 12.1. The Bertz CT molecular complexity index is 829. The molecule has 0 saturated heterocycles. The summed E-state index contributed by atoms with van der Waals surface area (Å²) in [6.07, 6.45) is -0.726. The Balaban J connectivity index is 1.70. The molecule has 0 unspecified atom stereocenters. The van der Waals surface area contributed by atoms with Gasteiger partial charge >= 0.3 is 6.09 Å². The van der Waals surface area contributed by atoms with Crippen molar-refractivity contribution in [2.45, 2.75) is 18.9 Å². The van der Waals surface area contributed by atoms with Crippen LogP contribution in [0.25, 0.3) is 21.6 Å². The van der Waals surface area contributed by atoms with Gasteiger partial charge in [-0.1, -0.05) is 48.5 Å². The molecule has 1 aliphatic carbocycles. The lowest BCUT2D eigenvalue weighted by atomic mass is 9.98. The van der Waals surface area contributed by atoms with Gasteiger partial charge in [-0.3, -0.25) is 4.79 Å². The molecule has 0 bridgehead atoms. The molecule has 2 amide bonds. The molecule has 1 aliphatic rings. The van der Waals surface area contributed by atoms with Crippen LogP contribution in [0, 0.1) is 0 Å². The third-order valence-corrected chi connectivity index (χ3v) is 4.19. The second-order valence-corrected chi connectivity index (χ2v) is 5.72. The van der Waals surface area contributed by atoms with Gasteiger partial charge in [-0.25, -0.2) is 4.79 Å². The lowest BCUT2D eigenvalue weighted by molar-refractivity contribution is -0.119. The highest BCUT2D eigenvalue weighted by Crippen LogP contribution is 2.44. The fourth-order valence-electron chi connectivity index (χ4n) is 3.01. The summed E-state index contributed by atoms with van der Waals surface area (Å²) in [5.74, 6) is -0.822. The number of amides is 2. The molecular weight excluding hydrogens is 320 g/mol. The van der Waals surface area contributed by atoms with E-state index in [9.17, 15) is 9.59 Å². The van der Waals surface area contributed by atoms with Gasteiger partial charge < -0.3 is 10.1 Å². The van der Waals surface area contributed by atoms with E-state index < -0.39 is 18.0 Å². The predicted octanol–water partition coefficient (Wildman–Crippen LogP) is 3.75. The average Bonchev–Trinajstić information content (AvgIpc) is 2.94. The highest BCUT2D eigenvalue weighted by atomic mass is 16.5. The van der Waals surface area contributed by atoms with E-state index in [-0.39, 0.29) is 12.5 Å².